The van der Waals surface area contributed by atoms with Gasteiger partial charge in [-0.05, 0) is 47.0 Å². The van der Waals surface area contributed by atoms with Gasteiger partial charge in [0.25, 0.3) is 5.91 Å². The molecular weight excluding hydrogens is 308 g/mol. The monoisotopic (exact) mass is 322 g/mol. The lowest BCUT2D eigenvalue weighted by molar-refractivity contribution is -0.119. The molecule has 2 amide bonds. The number of carbonyl (C=O) groups is 2. The van der Waals surface area contributed by atoms with E-state index < -0.39 is 11.9 Å². The highest BCUT2D eigenvalue weighted by Crippen LogP contribution is 2.23. The summed E-state index contributed by atoms with van der Waals surface area (Å²) in [6, 6.07) is 2.83. The van der Waals surface area contributed by atoms with Crippen LogP contribution in [0, 0.1) is 26.2 Å². The molecule has 100 valence electrons. The number of aryl methyl sites for hydroxylation is 2. The minimum Gasteiger partial charge on any atom is -0.368 e. The minimum absolute atomic E-state index is 0.0729. The van der Waals surface area contributed by atoms with E-state index in [-0.39, 0.29) is 12.3 Å². The van der Waals surface area contributed by atoms with Crippen LogP contribution in [0.1, 0.15) is 27.9 Å². The average Bonchev–Trinajstić information content (AvgIpc) is 2.32. The maximum Gasteiger partial charge on any atom is 0.253 e. The van der Waals surface area contributed by atoms with E-state index in [1.807, 2.05) is 19.9 Å². The maximum absolute atomic E-state index is 12.1. The van der Waals surface area contributed by atoms with Gasteiger partial charge in [0, 0.05) is 10.9 Å². The molecule has 0 saturated carbocycles. The Bertz CT molecular complexity index is 561. The van der Waals surface area contributed by atoms with E-state index >= 15 is 0 Å². The van der Waals surface area contributed by atoms with Gasteiger partial charge in [-0.25, -0.2) is 0 Å². The molecule has 5 heteroatoms. The topological polar surface area (TPSA) is 72.2 Å². The Hall–Kier alpha value is -1.80. The molecule has 0 radical (unpaired) electrons. The fraction of sp³-hybridized carbons (Fsp3) is 0.286. The Morgan fingerprint density at radius 2 is 2.11 bits per heavy atom. The first-order chi connectivity index (χ1) is 8.86. The number of nitrogens with two attached hydrogens (primary N) is 1. The first-order valence-electron chi connectivity index (χ1n) is 5.67. The Morgan fingerprint density at radius 3 is 2.63 bits per heavy atom. The molecule has 1 rings (SSSR count). The average molecular weight is 323 g/mol. The quantitative estimate of drug-likeness (QED) is 0.828. The second-order valence-corrected chi connectivity index (χ2v) is 5.07. The zero-order valence-electron chi connectivity index (χ0n) is 10.8. The second kappa shape index (κ2) is 6.39. The first kappa shape index (κ1) is 15.3. The van der Waals surface area contributed by atoms with Crippen molar-refractivity contribution >= 4 is 27.7 Å². The van der Waals surface area contributed by atoms with Crippen LogP contribution in [0.3, 0.4) is 0 Å². The summed E-state index contributed by atoms with van der Waals surface area (Å²) in [6.07, 6.45) is 5.21. The zero-order valence-corrected chi connectivity index (χ0v) is 12.4. The molecule has 0 bridgehead atoms. The Labute approximate surface area is 120 Å². The van der Waals surface area contributed by atoms with Crippen molar-refractivity contribution in [3.8, 4) is 12.3 Å². The molecule has 0 heterocycles. The van der Waals surface area contributed by atoms with Crippen LogP contribution in [0.5, 0.6) is 0 Å². The van der Waals surface area contributed by atoms with Crippen LogP contribution in [-0.4, -0.2) is 17.9 Å². The predicted molar refractivity (Wildman–Crippen MR) is 77.5 cm³/mol. The molecule has 0 saturated heterocycles. The second-order valence-electron chi connectivity index (χ2n) is 4.28. The number of benzene rings is 1. The molecule has 0 aliphatic heterocycles. The Balaban J connectivity index is 3.01. The summed E-state index contributed by atoms with van der Waals surface area (Å²) in [7, 11) is 0. The third kappa shape index (κ3) is 3.83. The summed E-state index contributed by atoms with van der Waals surface area (Å²) in [4.78, 5) is 23.3. The first-order valence-corrected chi connectivity index (χ1v) is 6.46. The molecule has 0 aliphatic carbocycles. The van der Waals surface area contributed by atoms with E-state index in [4.69, 9.17) is 12.2 Å². The molecule has 0 fully saturated rings. The number of amides is 2. The molecule has 1 atom stereocenters. The van der Waals surface area contributed by atoms with E-state index in [2.05, 4.69) is 27.2 Å². The highest BCUT2D eigenvalue weighted by molar-refractivity contribution is 9.10. The molecule has 19 heavy (non-hydrogen) atoms. The number of primary amides is 1. The summed E-state index contributed by atoms with van der Waals surface area (Å²) >= 11 is 3.36. The van der Waals surface area contributed by atoms with Crippen molar-refractivity contribution in [1.82, 2.24) is 5.32 Å². The van der Waals surface area contributed by atoms with Crippen LogP contribution in [0.15, 0.2) is 16.6 Å². The predicted octanol–water partition coefficient (Wildman–Crippen LogP) is 1.67. The summed E-state index contributed by atoms with van der Waals surface area (Å²) in [5.41, 5.74) is 7.54. The highest BCUT2D eigenvalue weighted by Gasteiger charge is 2.20. The van der Waals surface area contributed by atoms with E-state index in [0.717, 1.165) is 11.1 Å². The van der Waals surface area contributed by atoms with E-state index in [1.54, 1.807) is 6.07 Å². The van der Waals surface area contributed by atoms with Gasteiger partial charge in [-0.2, -0.15) is 0 Å². The van der Waals surface area contributed by atoms with Gasteiger partial charge in [0.15, 0.2) is 0 Å². The number of nitrogens with one attached hydrogen (secondary N) is 1. The van der Waals surface area contributed by atoms with Crippen LogP contribution in [0.2, 0.25) is 0 Å². The summed E-state index contributed by atoms with van der Waals surface area (Å²) in [5.74, 6) is 1.29. The lowest BCUT2D eigenvalue weighted by Crippen LogP contribution is -2.44. The van der Waals surface area contributed by atoms with E-state index in [1.165, 1.54) is 0 Å². The fourth-order valence-corrected chi connectivity index (χ4v) is 2.10. The number of carbonyl (C=O) groups excluding carboxylic acids is 2. The van der Waals surface area contributed by atoms with Crippen molar-refractivity contribution in [3.05, 3.63) is 33.3 Å². The van der Waals surface area contributed by atoms with E-state index in [0.29, 0.717) is 10.0 Å². The Morgan fingerprint density at radius 1 is 1.47 bits per heavy atom. The molecule has 4 nitrogen and oxygen atoms in total. The third-order valence-electron chi connectivity index (χ3n) is 2.61. The number of halogens is 1. The molecule has 1 aromatic rings. The normalized spacial score (nSPS) is 11.5. The Kier molecular flexibility index (Phi) is 5.13. The van der Waals surface area contributed by atoms with Crippen molar-refractivity contribution in [2.24, 2.45) is 5.73 Å². The van der Waals surface area contributed by atoms with Crippen molar-refractivity contribution in [1.29, 1.82) is 0 Å². The minimum atomic E-state index is -0.856. The summed E-state index contributed by atoms with van der Waals surface area (Å²) < 4.78 is 0.694. The summed E-state index contributed by atoms with van der Waals surface area (Å²) in [5, 5.41) is 2.54. The molecule has 0 spiro atoms. The van der Waals surface area contributed by atoms with Crippen LogP contribution >= 0.6 is 15.9 Å². The molecule has 0 aliphatic rings. The number of rotatable bonds is 4. The number of hydrogen-bond acceptors (Lipinski definition) is 2. The number of hydrogen-bond donors (Lipinski definition) is 2. The number of terminal acetylenes is 1. The smallest absolute Gasteiger partial charge is 0.253 e. The van der Waals surface area contributed by atoms with Gasteiger partial charge >= 0.3 is 0 Å². The van der Waals surface area contributed by atoms with Gasteiger partial charge in [0.2, 0.25) is 5.91 Å². The van der Waals surface area contributed by atoms with Crippen LogP contribution in [-0.2, 0) is 4.79 Å². The summed E-state index contributed by atoms with van der Waals surface area (Å²) in [6.45, 7) is 3.78. The molecule has 0 unspecified atom stereocenters. The van der Waals surface area contributed by atoms with Crippen LogP contribution in [0.25, 0.3) is 0 Å². The van der Waals surface area contributed by atoms with Gasteiger partial charge < -0.3 is 11.1 Å². The van der Waals surface area contributed by atoms with Gasteiger partial charge in [0.1, 0.15) is 6.04 Å². The SMILES string of the molecule is C#CC[C@H](NC(=O)c1cc(C)cc(C)c1Br)C(N)=O. The van der Waals surface area contributed by atoms with Crippen LogP contribution < -0.4 is 11.1 Å². The lowest BCUT2D eigenvalue weighted by Gasteiger charge is -2.14. The standard InChI is InChI=1S/C14H15BrN2O2/c1-4-5-11(13(16)18)17-14(19)10-7-8(2)6-9(3)12(10)15/h1,6-7,11H,5H2,2-3H3,(H2,16,18)(H,17,19)/t11-/m0/s1. The lowest BCUT2D eigenvalue weighted by atomic mass is 10.1. The zero-order chi connectivity index (χ0) is 14.6. The van der Waals surface area contributed by atoms with Gasteiger partial charge in [-0.1, -0.05) is 6.07 Å². The third-order valence-corrected chi connectivity index (χ3v) is 3.67. The van der Waals surface area contributed by atoms with Crippen molar-refractivity contribution < 1.29 is 9.59 Å². The van der Waals surface area contributed by atoms with Crippen LogP contribution in [0.4, 0.5) is 0 Å². The maximum atomic E-state index is 12.1. The largest absolute Gasteiger partial charge is 0.368 e. The molecular formula is C14H15BrN2O2. The van der Waals surface area contributed by atoms with Crippen molar-refractivity contribution in [2.45, 2.75) is 26.3 Å². The molecule has 1 aromatic carbocycles. The van der Waals surface area contributed by atoms with Gasteiger partial charge in [0.05, 0.1) is 5.56 Å². The van der Waals surface area contributed by atoms with E-state index in [9.17, 15) is 9.59 Å². The fourth-order valence-electron chi connectivity index (χ4n) is 1.69. The highest BCUT2D eigenvalue weighted by atomic mass is 79.9. The van der Waals surface area contributed by atoms with Crippen molar-refractivity contribution in [2.75, 3.05) is 0 Å². The molecule has 3 N–H and O–H groups in total. The van der Waals surface area contributed by atoms with Gasteiger partial charge in [-0.15, -0.1) is 12.3 Å². The van der Waals surface area contributed by atoms with Crippen molar-refractivity contribution in [3.63, 3.8) is 0 Å². The van der Waals surface area contributed by atoms with Gasteiger partial charge in [-0.3, -0.25) is 9.59 Å². The molecule has 0 aromatic heterocycles.